The molecule has 0 N–H and O–H groups in total. The second kappa shape index (κ2) is 6.74. The first-order valence-electron chi connectivity index (χ1n) is 4.43. The number of halogens is 6. The van der Waals surface area contributed by atoms with E-state index in [0.717, 1.165) is 0 Å². The van der Waals surface area contributed by atoms with Crippen molar-refractivity contribution in [2.75, 3.05) is 20.0 Å². The summed E-state index contributed by atoms with van der Waals surface area (Å²) in [6, 6.07) is 0. The Morgan fingerprint density at radius 1 is 0.867 bits per heavy atom. The minimum atomic E-state index is -2.72. The standard InChI is InChI=1S/C9H12F6/c10-4-2-1-3-9(5-11,6-12)7(13)8(14)15/h1-6H2. The van der Waals surface area contributed by atoms with Crippen LogP contribution < -0.4 is 0 Å². The Bertz CT molecular complexity index is 205. The second-order valence-corrected chi connectivity index (χ2v) is 3.27. The predicted octanol–water partition coefficient (Wildman–Crippen LogP) is 4.13. The molecule has 90 valence electrons. The van der Waals surface area contributed by atoms with Gasteiger partial charge in [0.2, 0.25) is 0 Å². The monoisotopic (exact) mass is 234 g/mol. The minimum absolute atomic E-state index is 0.0249. The van der Waals surface area contributed by atoms with Crippen molar-refractivity contribution in [1.29, 1.82) is 0 Å². The van der Waals surface area contributed by atoms with E-state index in [2.05, 4.69) is 0 Å². The van der Waals surface area contributed by atoms with Crippen molar-refractivity contribution in [3.05, 3.63) is 11.9 Å². The summed E-state index contributed by atoms with van der Waals surface area (Å²) in [7, 11) is 0. The quantitative estimate of drug-likeness (QED) is 0.459. The third-order valence-corrected chi connectivity index (χ3v) is 2.18. The molecule has 0 radical (unpaired) electrons. The Morgan fingerprint density at radius 2 is 1.40 bits per heavy atom. The van der Waals surface area contributed by atoms with E-state index in [0.29, 0.717) is 0 Å². The summed E-state index contributed by atoms with van der Waals surface area (Å²) in [6.45, 7) is -3.84. The average Bonchev–Trinajstić information content (AvgIpc) is 2.24. The molecule has 0 aromatic rings. The number of allylic oxidation sites excluding steroid dienone is 1. The van der Waals surface area contributed by atoms with E-state index in [4.69, 9.17) is 0 Å². The van der Waals surface area contributed by atoms with Gasteiger partial charge in [0.15, 0.2) is 5.83 Å². The molecule has 0 fully saturated rings. The highest BCUT2D eigenvalue weighted by atomic mass is 19.3. The van der Waals surface area contributed by atoms with Crippen LogP contribution in [0.25, 0.3) is 0 Å². The van der Waals surface area contributed by atoms with Crippen molar-refractivity contribution in [2.45, 2.75) is 19.3 Å². The van der Waals surface area contributed by atoms with Gasteiger partial charge in [0.05, 0.1) is 12.1 Å². The van der Waals surface area contributed by atoms with Gasteiger partial charge in [-0.3, -0.25) is 4.39 Å². The highest BCUT2D eigenvalue weighted by Gasteiger charge is 2.38. The Hall–Kier alpha value is -0.680. The smallest absolute Gasteiger partial charge is 0.251 e. The van der Waals surface area contributed by atoms with Gasteiger partial charge in [0, 0.05) is 0 Å². The van der Waals surface area contributed by atoms with Crippen LogP contribution in [0.3, 0.4) is 0 Å². The van der Waals surface area contributed by atoms with Crippen molar-refractivity contribution in [1.82, 2.24) is 0 Å². The van der Waals surface area contributed by atoms with Crippen molar-refractivity contribution >= 4 is 0 Å². The molecule has 0 atom stereocenters. The van der Waals surface area contributed by atoms with Gasteiger partial charge in [-0.2, -0.15) is 8.78 Å². The fraction of sp³-hybridized carbons (Fsp3) is 0.778. The molecule has 15 heavy (non-hydrogen) atoms. The number of hydrogen-bond donors (Lipinski definition) is 0. The summed E-state index contributed by atoms with van der Waals surface area (Å²) in [5.74, 6) is -2.06. The van der Waals surface area contributed by atoms with Gasteiger partial charge in [-0.25, -0.2) is 13.2 Å². The van der Waals surface area contributed by atoms with Crippen molar-refractivity contribution in [3.8, 4) is 0 Å². The van der Waals surface area contributed by atoms with E-state index in [1.54, 1.807) is 0 Å². The molecule has 0 amide bonds. The normalized spacial score (nSPS) is 11.6. The van der Waals surface area contributed by atoms with E-state index in [-0.39, 0.29) is 12.8 Å². The highest BCUT2D eigenvalue weighted by molar-refractivity contribution is 5.08. The van der Waals surface area contributed by atoms with Gasteiger partial charge in [0.25, 0.3) is 0 Å². The van der Waals surface area contributed by atoms with Crippen molar-refractivity contribution in [3.63, 3.8) is 0 Å². The summed E-state index contributed by atoms with van der Waals surface area (Å²) in [5, 5.41) is 0. The van der Waals surface area contributed by atoms with Crippen LogP contribution in [0.5, 0.6) is 0 Å². The first-order valence-corrected chi connectivity index (χ1v) is 4.43. The first-order chi connectivity index (χ1) is 7.04. The minimum Gasteiger partial charge on any atom is -0.251 e. The molecule has 0 aliphatic heterocycles. The molecule has 0 saturated heterocycles. The maximum Gasteiger partial charge on any atom is 0.302 e. The Labute approximate surface area is 84.0 Å². The van der Waals surface area contributed by atoms with Crippen LogP contribution in [0, 0.1) is 5.41 Å². The zero-order chi connectivity index (χ0) is 11.9. The molecule has 0 aliphatic rings. The fourth-order valence-electron chi connectivity index (χ4n) is 1.15. The van der Waals surface area contributed by atoms with Gasteiger partial charge < -0.3 is 0 Å². The second-order valence-electron chi connectivity index (χ2n) is 3.27. The van der Waals surface area contributed by atoms with Gasteiger partial charge >= 0.3 is 6.08 Å². The summed E-state index contributed by atoms with van der Waals surface area (Å²) in [6.07, 6.45) is -3.24. The third-order valence-electron chi connectivity index (χ3n) is 2.18. The number of hydrogen-bond acceptors (Lipinski definition) is 0. The Morgan fingerprint density at radius 3 is 1.73 bits per heavy atom. The summed E-state index contributed by atoms with van der Waals surface area (Å²) in [4.78, 5) is 0. The van der Waals surface area contributed by atoms with Gasteiger partial charge in [0.1, 0.15) is 13.3 Å². The van der Waals surface area contributed by atoms with Crippen LogP contribution >= 0.6 is 0 Å². The van der Waals surface area contributed by atoms with Crippen molar-refractivity contribution < 1.29 is 26.3 Å². The molecule has 0 spiro atoms. The maximum atomic E-state index is 12.8. The van der Waals surface area contributed by atoms with Crippen LogP contribution in [-0.2, 0) is 0 Å². The lowest BCUT2D eigenvalue weighted by Gasteiger charge is -2.24. The van der Waals surface area contributed by atoms with E-state index < -0.39 is 43.8 Å². The molecule has 0 heterocycles. The lowest BCUT2D eigenvalue weighted by Crippen LogP contribution is -2.27. The average molecular weight is 234 g/mol. The van der Waals surface area contributed by atoms with E-state index in [9.17, 15) is 26.3 Å². The molecular weight excluding hydrogens is 222 g/mol. The molecule has 0 aromatic carbocycles. The molecule has 0 bridgehead atoms. The molecule has 0 aromatic heterocycles. The summed E-state index contributed by atoms with van der Waals surface area (Å²) >= 11 is 0. The molecule has 0 unspecified atom stereocenters. The van der Waals surface area contributed by atoms with Gasteiger partial charge in [-0.15, -0.1) is 0 Å². The van der Waals surface area contributed by atoms with Crippen LogP contribution in [0.1, 0.15) is 19.3 Å². The first kappa shape index (κ1) is 14.3. The molecule has 0 saturated carbocycles. The van der Waals surface area contributed by atoms with E-state index in [1.807, 2.05) is 0 Å². The topological polar surface area (TPSA) is 0 Å². The fourth-order valence-corrected chi connectivity index (χ4v) is 1.15. The van der Waals surface area contributed by atoms with E-state index in [1.165, 1.54) is 0 Å². The van der Waals surface area contributed by atoms with Crippen LogP contribution in [0.15, 0.2) is 11.9 Å². The predicted molar refractivity (Wildman–Crippen MR) is 44.6 cm³/mol. The molecule has 0 aliphatic carbocycles. The SMILES string of the molecule is FCCCCC(CF)(CF)C(F)=C(F)F. The van der Waals surface area contributed by atoms with Crippen LogP contribution in [-0.4, -0.2) is 20.0 Å². The maximum absolute atomic E-state index is 12.8. The van der Waals surface area contributed by atoms with Crippen LogP contribution in [0.4, 0.5) is 26.3 Å². The summed E-state index contributed by atoms with van der Waals surface area (Å²) in [5.41, 5.74) is -2.42. The Kier molecular flexibility index (Phi) is 6.43. The lowest BCUT2D eigenvalue weighted by atomic mass is 9.84. The summed E-state index contributed by atoms with van der Waals surface area (Å²) < 4.78 is 73.2. The zero-order valence-corrected chi connectivity index (χ0v) is 8.01. The molecule has 6 heteroatoms. The zero-order valence-electron chi connectivity index (χ0n) is 8.01. The van der Waals surface area contributed by atoms with Gasteiger partial charge in [-0.05, 0) is 19.3 Å². The Balaban J connectivity index is 4.65. The third kappa shape index (κ3) is 3.76. The van der Waals surface area contributed by atoms with Crippen LogP contribution in [0.2, 0.25) is 0 Å². The largest absolute Gasteiger partial charge is 0.302 e. The van der Waals surface area contributed by atoms with Crippen molar-refractivity contribution in [2.24, 2.45) is 5.41 Å². The number of alkyl halides is 3. The molecular formula is C9H12F6. The van der Waals surface area contributed by atoms with E-state index >= 15 is 0 Å². The molecule has 0 nitrogen and oxygen atoms in total. The van der Waals surface area contributed by atoms with Gasteiger partial charge in [-0.1, -0.05) is 0 Å². The number of unbranched alkanes of at least 4 members (excludes halogenated alkanes) is 1. The lowest BCUT2D eigenvalue weighted by molar-refractivity contribution is 0.131. The number of rotatable bonds is 7. The molecule has 0 rings (SSSR count). The highest BCUT2D eigenvalue weighted by Crippen LogP contribution is 2.38.